The summed E-state index contributed by atoms with van der Waals surface area (Å²) >= 11 is 0. The van der Waals surface area contributed by atoms with Crippen LogP contribution < -0.4 is 10.1 Å². The zero-order valence-electron chi connectivity index (χ0n) is 20.5. The first-order valence-electron chi connectivity index (χ1n) is 12.1. The Morgan fingerprint density at radius 1 is 0.889 bits per heavy atom. The molecule has 36 heavy (non-hydrogen) atoms. The molecule has 0 fully saturated rings. The normalized spacial score (nSPS) is 12.0. The molecule has 1 amide bonds. The van der Waals surface area contributed by atoms with Crippen molar-refractivity contribution in [3.05, 3.63) is 137 Å². The van der Waals surface area contributed by atoms with E-state index in [1.807, 2.05) is 116 Å². The second-order valence-corrected chi connectivity index (χ2v) is 8.89. The lowest BCUT2D eigenvalue weighted by atomic mass is 9.90. The molecule has 5 heteroatoms. The number of nitrogens with one attached hydrogen (secondary N) is 1. The second-order valence-electron chi connectivity index (χ2n) is 8.89. The lowest BCUT2D eigenvalue weighted by Crippen LogP contribution is -2.30. The van der Waals surface area contributed by atoms with Crippen molar-refractivity contribution in [2.45, 2.75) is 25.3 Å². The molecule has 5 rings (SSSR count). The quantitative estimate of drug-likeness (QED) is 0.296. The van der Waals surface area contributed by atoms with Gasteiger partial charge in [0, 0.05) is 30.3 Å². The topological polar surface area (TPSA) is 55.6 Å². The predicted molar refractivity (Wildman–Crippen MR) is 142 cm³/mol. The highest BCUT2D eigenvalue weighted by Crippen LogP contribution is 2.35. The van der Waals surface area contributed by atoms with Crippen LogP contribution in [-0.2, 0) is 4.79 Å². The summed E-state index contributed by atoms with van der Waals surface area (Å²) in [7, 11) is 1.66. The number of methoxy groups -OCH3 is 1. The molecule has 5 nitrogen and oxygen atoms in total. The summed E-state index contributed by atoms with van der Waals surface area (Å²) in [6.45, 7) is 2.04. The molecule has 0 aliphatic heterocycles. The minimum absolute atomic E-state index is 0.0498. The average Bonchev–Trinajstić information content (AvgIpc) is 3.37. The molecular weight excluding hydrogens is 446 g/mol. The number of ether oxygens (including phenoxy) is 1. The molecule has 2 heterocycles. The lowest BCUT2D eigenvalue weighted by molar-refractivity contribution is -0.121. The predicted octanol–water partition coefficient (Wildman–Crippen LogP) is 6.08. The maximum atomic E-state index is 13.7. The number of aryl methyl sites for hydroxylation is 1. The van der Waals surface area contributed by atoms with E-state index in [1.165, 1.54) is 0 Å². The van der Waals surface area contributed by atoms with E-state index in [1.54, 1.807) is 7.11 Å². The molecule has 0 bridgehead atoms. The summed E-state index contributed by atoms with van der Waals surface area (Å²) in [5.74, 6) is 0.455. The van der Waals surface area contributed by atoms with Gasteiger partial charge in [-0.3, -0.25) is 4.79 Å². The van der Waals surface area contributed by atoms with E-state index in [0.717, 1.165) is 39.3 Å². The number of hydrogen-bond acceptors (Lipinski definition) is 3. The van der Waals surface area contributed by atoms with Crippen molar-refractivity contribution in [3.8, 4) is 5.75 Å². The van der Waals surface area contributed by atoms with Crippen LogP contribution in [0.2, 0.25) is 0 Å². The van der Waals surface area contributed by atoms with Gasteiger partial charge in [0.05, 0.1) is 18.8 Å². The molecule has 0 saturated carbocycles. The Bertz CT molecular complexity index is 1420. The van der Waals surface area contributed by atoms with E-state index in [0.29, 0.717) is 0 Å². The van der Waals surface area contributed by atoms with Crippen molar-refractivity contribution in [1.29, 1.82) is 0 Å². The number of hydrogen-bond donors (Lipinski definition) is 1. The molecule has 0 saturated heterocycles. The zero-order valence-corrected chi connectivity index (χ0v) is 20.5. The van der Waals surface area contributed by atoms with Crippen LogP contribution in [0.1, 0.15) is 46.3 Å². The minimum atomic E-state index is -0.248. The van der Waals surface area contributed by atoms with Gasteiger partial charge in [0.1, 0.15) is 11.4 Å². The molecule has 3 aromatic carbocycles. The number of imidazole rings is 1. The Balaban J connectivity index is 1.53. The smallest absolute Gasteiger partial charge is 0.221 e. The van der Waals surface area contributed by atoms with Crippen molar-refractivity contribution in [2.24, 2.45) is 0 Å². The number of nitrogens with zero attached hydrogens (tertiary/aromatic N) is 2. The largest absolute Gasteiger partial charge is 0.496 e. The van der Waals surface area contributed by atoms with E-state index < -0.39 is 0 Å². The summed E-state index contributed by atoms with van der Waals surface area (Å²) < 4.78 is 7.78. The Labute approximate surface area is 211 Å². The van der Waals surface area contributed by atoms with Gasteiger partial charge in [-0.25, -0.2) is 4.98 Å². The van der Waals surface area contributed by atoms with Gasteiger partial charge in [0.2, 0.25) is 5.91 Å². The van der Waals surface area contributed by atoms with Crippen molar-refractivity contribution in [2.75, 3.05) is 7.11 Å². The SMILES string of the molecule is COc1ccccc1[C@@H](CC(=O)NC(c1ccccc1)c1ccccc1)c1cnc2c(C)cccn12. The van der Waals surface area contributed by atoms with Gasteiger partial charge in [-0.1, -0.05) is 84.9 Å². The minimum Gasteiger partial charge on any atom is -0.496 e. The number of carbonyl (C=O) groups excluding carboxylic acids is 1. The summed E-state index contributed by atoms with van der Waals surface area (Å²) in [6, 6.07) is 31.8. The van der Waals surface area contributed by atoms with Gasteiger partial charge in [0.25, 0.3) is 0 Å². The number of para-hydroxylation sites is 1. The first kappa shape index (κ1) is 23.4. The van der Waals surface area contributed by atoms with Gasteiger partial charge in [-0.05, 0) is 35.7 Å². The molecular formula is C31H29N3O2. The number of carbonyl (C=O) groups is 1. The maximum absolute atomic E-state index is 13.7. The molecule has 0 spiro atoms. The average molecular weight is 476 g/mol. The van der Waals surface area contributed by atoms with Gasteiger partial charge >= 0.3 is 0 Å². The summed E-state index contributed by atoms with van der Waals surface area (Å²) in [5, 5.41) is 3.30. The van der Waals surface area contributed by atoms with Crippen LogP contribution in [0.4, 0.5) is 0 Å². The molecule has 5 aromatic rings. The van der Waals surface area contributed by atoms with Gasteiger partial charge in [0.15, 0.2) is 0 Å². The fourth-order valence-electron chi connectivity index (χ4n) is 4.81. The summed E-state index contributed by atoms with van der Waals surface area (Å²) in [4.78, 5) is 18.4. The highest BCUT2D eigenvalue weighted by atomic mass is 16.5. The molecule has 0 aliphatic rings. The Kier molecular flexibility index (Phi) is 6.80. The standard InChI is InChI=1S/C31H29N3O2/c1-22-12-11-19-34-27(21-32-31(22)34)26(25-17-9-10-18-28(25)36-2)20-29(35)33-30(23-13-5-3-6-14-23)24-15-7-4-8-16-24/h3-19,21,26,30H,20H2,1-2H3,(H,33,35)/t26-/m1/s1. The Morgan fingerprint density at radius 2 is 1.53 bits per heavy atom. The van der Waals surface area contributed by atoms with Gasteiger partial charge < -0.3 is 14.5 Å². The molecule has 0 radical (unpaired) electrons. The van der Waals surface area contributed by atoms with Crippen molar-refractivity contribution in [1.82, 2.24) is 14.7 Å². The third kappa shape index (κ3) is 4.73. The van der Waals surface area contributed by atoms with Crippen LogP contribution in [0.3, 0.4) is 0 Å². The molecule has 1 atom stereocenters. The number of pyridine rings is 1. The van der Waals surface area contributed by atoms with Crippen LogP contribution >= 0.6 is 0 Å². The molecule has 0 unspecified atom stereocenters. The van der Waals surface area contributed by atoms with Crippen molar-refractivity contribution in [3.63, 3.8) is 0 Å². The number of rotatable bonds is 8. The first-order valence-corrected chi connectivity index (χ1v) is 12.1. The Hall–Kier alpha value is -4.38. The fourth-order valence-corrected chi connectivity index (χ4v) is 4.81. The molecule has 180 valence electrons. The fraction of sp³-hybridized carbons (Fsp3) is 0.161. The molecule has 1 N–H and O–H groups in total. The highest BCUT2D eigenvalue weighted by Gasteiger charge is 2.26. The summed E-state index contributed by atoms with van der Waals surface area (Å²) in [6.07, 6.45) is 4.12. The second kappa shape index (κ2) is 10.5. The summed E-state index contributed by atoms with van der Waals surface area (Å²) in [5.41, 5.74) is 5.95. The first-order chi connectivity index (χ1) is 17.7. The van der Waals surface area contributed by atoms with E-state index >= 15 is 0 Å². The zero-order chi connectivity index (χ0) is 24.9. The number of amides is 1. The van der Waals surface area contributed by atoms with Crippen molar-refractivity contribution < 1.29 is 9.53 Å². The van der Waals surface area contributed by atoms with Crippen LogP contribution in [0.25, 0.3) is 5.65 Å². The van der Waals surface area contributed by atoms with E-state index in [9.17, 15) is 4.79 Å². The van der Waals surface area contributed by atoms with Crippen LogP contribution in [0.5, 0.6) is 5.75 Å². The third-order valence-corrected chi connectivity index (χ3v) is 6.59. The third-order valence-electron chi connectivity index (χ3n) is 6.59. The monoisotopic (exact) mass is 475 g/mol. The van der Waals surface area contributed by atoms with Gasteiger partial charge in [-0.15, -0.1) is 0 Å². The van der Waals surface area contributed by atoms with Crippen LogP contribution in [-0.4, -0.2) is 22.4 Å². The number of benzene rings is 3. The van der Waals surface area contributed by atoms with Crippen LogP contribution in [0.15, 0.2) is 109 Å². The lowest BCUT2D eigenvalue weighted by Gasteiger charge is -2.23. The van der Waals surface area contributed by atoms with E-state index in [4.69, 9.17) is 4.74 Å². The van der Waals surface area contributed by atoms with Crippen molar-refractivity contribution >= 4 is 11.6 Å². The van der Waals surface area contributed by atoms with Gasteiger partial charge in [-0.2, -0.15) is 0 Å². The van der Waals surface area contributed by atoms with Crippen LogP contribution in [0, 0.1) is 6.92 Å². The molecule has 2 aromatic heterocycles. The van der Waals surface area contributed by atoms with E-state index in [2.05, 4.69) is 14.7 Å². The highest BCUT2D eigenvalue weighted by molar-refractivity contribution is 5.79. The van der Waals surface area contributed by atoms with E-state index in [-0.39, 0.29) is 24.3 Å². The maximum Gasteiger partial charge on any atom is 0.221 e. The number of aromatic nitrogens is 2. The molecule has 0 aliphatic carbocycles. The Morgan fingerprint density at radius 3 is 2.19 bits per heavy atom. The number of fused-ring (bicyclic) bond motifs is 1.